The van der Waals surface area contributed by atoms with Crippen molar-refractivity contribution in [2.45, 2.75) is 26.7 Å². The first-order chi connectivity index (χ1) is 15.8. The summed E-state index contributed by atoms with van der Waals surface area (Å²) in [7, 11) is 0. The van der Waals surface area contributed by atoms with E-state index in [4.69, 9.17) is 0 Å². The average Bonchev–Trinajstić information content (AvgIpc) is 2.81. The zero-order valence-corrected chi connectivity index (χ0v) is 16.9. The molecule has 0 atom stereocenters. The highest BCUT2D eigenvalue weighted by atomic mass is 19.2. The molecule has 0 bridgehead atoms. The molecule has 3 rings (SSSR count). The molecule has 0 aromatic heterocycles. The molecule has 0 unspecified atom stereocenters. The molecule has 0 heterocycles. The maximum atomic E-state index is 14.6. The van der Waals surface area contributed by atoms with Crippen LogP contribution in [-0.2, 0) is 12.8 Å². The molecular weight excluding hydrogens is 492 g/mol. The monoisotopic (exact) mass is 502 g/mol. The second-order valence-electron chi connectivity index (χ2n) is 7.11. The molecule has 0 aliphatic rings. The van der Waals surface area contributed by atoms with Gasteiger partial charge < -0.3 is 0 Å². The Hall–Kier alpha value is -3.18. The van der Waals surface area contributed by atoms with Crippen LogP contribution >= 0.6 is 0 Å². The number of rotatable bonds is 4. The van der Waals surface area contributed by atoms with Crippen LogP contribution in [0.3, 0.4) is 0 Å². The smallest absolute Gasteiger partial charge is 0.170 e. The minimum Gasteiger partial charge on any atom is -0.203 e. The van der Waals surface area contributed by atoms with Crippen LogP contribution in [-0.4, -0.2) is 0 Å². The molecule has 0 N–H and O–H groups in total. The fraction of sp³-hybridized carbons (Fsp3) is 0.182. The van der Waals surface area contributed by atoms with E-state index in [1.54, 1.807) is 0 Å². The third kappa shape index (κ3) is 3.59. The molecule has 0 aliphatic carbocycles. The van der Waals surface area contributed by atoms with E-state index < -0.39 is 116 Å². The number of hydrogen-bond donors (Lipinski definition) is 0. The maximum absolute atomic E-state index is 14.6. The molecule has 3 aromatic carbocycles. The minimum absolute atomic E-state index is 0.521. The molecule has 0 spiro atoms. The van der Waals surface area contributed by atoms with E-state index in [0.717, 1.165) is 6.92 Å². The van der Waals surface area contributed by atoms with E-state index in [1.165, 1.54) is 0 Å². The lowest BCUT2D eigenvalue weighted by atomic mass is 9.94. The van der Waals surface area contributed by atoms with Crippen LogP contribution in [0.4, 0.5) is 52.7 Å². The lowest BCUT2D eigenvalue weighted by Crippen LogP contribution is -2.13. The van der Waals surface area contributed by atoms with Gasteiger partial charge >= 0.3 is 0 Å². The second-order valence-corrected chi connectivity index (χ2v) is 7.11. The molecule has 0 radical (unpaired) electrons. The maximum Gasteiger partial charge on any atom is 0.170 e. The number of halogens is 12. The summed E-state index contributed by atoms with van der Waals surface area (Å²) in [5, 5.41) is 0. The van der Waals surface area contributed by atoms with E-state index >= 15 is 0 Å². The molecule has 0 fully saturated rings. The van der Waals surface area contributed by atoms with Crippen molar-refractivity contribution in [3.8, 4) is 11.1 Å². The molecule has 3 aromatic rings. The summed E-state index contributed by atoms with van der Waals surface area (Å²) in [6.07, 6.45) is -2.30. The molecule has 0 saturated carbocycles. The Balaban J connectivity index is 2.31. The van der Waals surface area contributed by atoms with Crippen LogP contribution < -0.4 is 0 Å². The molecule has 182 valence electrons. The van der Waals surface area contributed by atoms with Crippen molar-refractivity contribution in [3.63, 3.8) is 0 Å². The fourth-order valence-corrected chi connectivity index (χ4v) is 3.38. The van der Waals surface area contributed by atoms with Crippen LogP contribution in [0, 0.1) is 76.7 Å². The lowest BCUT2D eigenvalue weighted by Gasteiger charge is -2.16. The van der Waals surface area contributed by atoms with Gasteiger partial charge in [0.05, 0.1) is 11.1 Å². The molecule has 0 aliphatic heterocycles. The molecular formula is C22H10F12. The van der Waals surface area contributed by atoms with Crippen LogP contribution in [0.2, 0.25) is 0 Å². The number of benzene rings is 3. The lowest BCUT2D eigenvalue weighted by molar-refractivity contribution is 0.418. The van der Waals surface area contributed by atoms with Crippen molar-refractivity contribution in [1.29, 1.82) is 0 Å². The van der Waals surface area contributed by atoms with Crippen LogP contribution in [0.5, 0.6) is 0 Å². The van der Waals surface area contributed by atoms with Gasteiger partial charge in [0.2, 0.25) is 0 Å². The molecule has 0 saturated heterocycles. The summed E-state index contributed by atoms with van der Waals surface area (Å²) in [5.41, 5.74) is -10.0. The SMILES string of the molecule is CCc1c(F)c(F)c(Cc2c(F)c(F)c(-c3c(F)c(F)c(C)c(F)c3F)c(F)c2F)c(F)c1F. The van der Waals surface area contributed by atoms with E-state index in [2.05, 4.69) is 0 Å². The zero-order valence-electron chi connectivity index (χ0n) is 16.9. The Bertz CT molecular complexity index is 1260. The van der Waals surface area contributed by atoms with E-state index in [9.17, 15) is 52.7 Å². The number of hydrogen-bond acceptors (Lipinski definition) is 0. The third-order valence-corrected chi connectivity index (χ3v) is 5.24. The molecule has 12 heteroatoms. The summed E-state index contributed by atoms with van der Waals surface area (Å²) in [4.78, 5) is 0. The van der Waals surface area contributed by atoms with Crippen molar-refractivity contribution in [2.24, 2.45) is 0 Å². The quantitative estimate of drug-likeness (QED) is 0.256. The highest BCUT2D eigenvalue weighted by Crippen LogP contribution is 2.39. The van der Waals surface area contributed by atoms with E-state index in [0.29, 0.717) is 6.92 Å². The second kappa shape index (κ2) is 8.88. The van der Waals surface area contributed by atoms with Crippen molar-refractivity contribution >= 4 is 0 Å². The standard InChI is InChI=1S/C22H10F12/c1-3-6-13(25)15(27)7(16(28)14(6)26)4-8-17(29)21(33)10(22(34)18(8)30)9-19(31)11(23)5(2)12(24)20(9)32/h3-4H2,1-2H3. The Kier molecular flexibility index (Phi) is 6.64. The van der Waals surface area contributed by atoms with Gasteiger partial charge in [-0.2, -0.15) is 0 Å². The zero-order chi connectivity index (χ0) is 25.8. The van der Waals surface area contributed by atoms with Gasteiger partial charge in [0, 0.05) is 28.7 Å². The van der Waals surface area contributed by atoms with Gasteiger partial charge in [0.1, 0.15) is 0 Å². The Labute approximate surface area is 183 Å². The van der Waals surface area contributed by atoms with Crippen LogP contribution in [0.1, 0.15) is 29.2 Å². The van der Waals surface area contributed by atoms with E-state index in [1.807, 2.05) is 0 Å². The summed E-state index contributed by atoms with van der Waals surface area (Å²) in [6.45, 7) is 1.71. The van der Waals surface area contributed by atoms with Gasteiger partial charge in [0.25, 0.3) is 0 Å². The van der Waals surface area contributed by atoms with Gasteiger partial charge in [-0.15, -0.1) is 0 Å². The summed E-state index contributed by atoms with van der Waals surface area (Å²) >= 11 is 0. The van der Waals surface area contributed by atoms with E-state index in [-0.39, 0.29) is 0 Å². The topological polar surface area (TPSA) is 0 Å². The van der Waals surface area contributed by atoms with Gasteiger partial charge in [-0.3, -0.25) is 0 Å². The van der Waals surface area contributed by atoms with Crippen molar-refractivity contribution in [1.82, 2.24) is 0 Å². The predicted molar refractivity (Wildman–Crippen MR) is 94.7 cm³/mol. The summed E-state index contributed by atoms with van der Waals surface area (Å²) in [6, 6.07) is 0. The Morgan fingerprint density at radius 1 is 0.382 bits per heavy atom. The van der Waals surface area contributed by atoms with Gasteiger partial charge in [-0.1, -0.05) is 6.92 Å². The summed E-state index contributed by atoms with van der Waals surface area (Å²) in [5.74, 6) is -27.1. The summed E-state index contributed by atoms with van der Waals surface area (Å²) < 4.78 is 171. The third-order valence-electron chi connectivity index (χ3n) is 5.24. The van der Waals surface area contributed by atoms with Gasteiger partial charge in [0.15, 0.2) is 69.8 Å². The van der Waals surface area contributed by atoms with Crippen LogP contribution in [0.15, 0.2) is 0 Å². The highest BCUT2D eigenvalue weighted by molar-refractivity contribution is 5.68. The van der Waals surface area contributed by atoms with Gasteiger partial charge in [-0.25, -0.2) is 52.7 Å². The van der Waals surface area contributed by atoms with Crippen molar-refractivity contribution in [3.05, 3.63) is 92.1 Å². The van der Waals surface area contributed by atoms with Crippen molar-refractivity contribution < 1.29 is 52.7 Å². The Morgan fingerprint density at radius 3 is 0.971 bits per heavy atom. The molecule has 0 amide bonds. The normalized spacial score (nSPS) is 11.5. The fourth-order valence-electron chi connectivity index (χ4n) is 3.38. The molecule has 34 heavy (non-hydrogen) atoms. The average molecular weight is 502 g/mol. The molecule has 0 nitrogen and oxygen atoms in total. The van der Waals surface area contributed by atoms with Crippen LogP contribution in [0.25, 0.3) is 11.1 Å². The first kappa shape index (κ1) is 25.4. The van der Waals surface area contributed by atoms with Crippen molar-refractivity contribution in [2.75, 3.05) is 0 Å². The highest BCUT2D eigenvalue weighted by Gasteiger charge is 2.34. The largest absolute Gasteiger partial charge is 0.203 e. The first-order valence-corrected chi connectivity index (χ1v) is 9.29. The minimum atomic E-state index is -2.58. The Morgan fingerprint density at radius 2 is 0.647 bits per heavy atom. The first-order valence-electron chi connectivity index (χ1n) is 9.29. The van der Waals surface area contributed by atoms with Gasteiger partial charge in [-0.05, 0) is 13.3 Å². The predicted octanol–water partition coefficient (Wildman–Crippen LogP) is 7.48.